The maximum Gasteiger partial charge on any atom is 0.268 e. The van der Waals surface area contributed by atoms with Gasteiger partial charge in [-0.25, -0.2) is 4.90 Å². The molecule has 1 saturated heterocycles. The Kier molecular flexibility index (Phi) is 5.55. The molecule has 0 spiro atoms. The van der Waals surface area contributed by atoms with E-state index in [-0.39, 0.29) is 11.8 Å². The Bertz CT molecular complexity index is 1180. The molecule has 162 valence electrons. The highest BCUT2D eigenvalue weighted by Crippen LogP contribution is 2.35. The van der Waals surface area contributed by atoms with Crippen molar-refractivity contribution in [3.63, 3.8) is 0 Å². The molecule has 2 amide bonds. The normalized spacial score (nSPS) is 16.9. The molecule has 0 saturated carbocycles. The van der Waals surface area contributed by atoms with Crippen LogP contribution in [0.2, 0.25) is 5.02 Å². The van der Waals surface area contributed by atoms with E-state index in [4.69, 9.17) is 16.0 Å². The lowest BCUT2D eigenvalue weighted by Crippen LogP contribution is -2.46. The number of imide groups is 1. The van der Waals surface area contributed by atoms with Crippen molar-refractivity contribution in [3.05, 3.63) is 88.8 Å². The summed E-state index contributed by atoms with van der Waals surface area (Å²) < 4.78 is 5.32. The molecule has 0 bridgehead atoms. The topological polar surface area (TPSA) is 57.0 Å². The highest BCUT2D eigenvalue weighted by molar-refractivity contribution is 6.37. The van der Waals surface area contributed by atoms with Crippen molar-refractivity contribution in [1.29, 1.82) is 0 Å². The van der Waals surface area contributed by atoms with Crippen LogP contribution in [0.25, 0.3) is 6.08 Å². The number of rotatable bonds is 5. The number of halogens is 1. The molecule has 2 aromatic carbocycles. The number of nitrogens with zero attached hydrogens (tertiary/aromatic N) is 3. The molecule has 3 aromatic rings. The molecule has 0 N–H and O–H groups in total. The van der Waals surface area contributed by atoms with Crippen LogP contribution in [0.15, 0.2) is 71.4 Å². The van der Waals surface area contributed by atoms with E-state index in [1.807, 2.05) is 30.3 Å². The van der Waals surface area contributed by atoms with Gasteiger partial charge in [0.15, 0.2) is 0 Å². The second-order valence-corrected chi connectivity index (χ2v) is 8.27. The first kappa shape index (κ1) is 20.5. The summed E-state index contributed by atoms with van der Waals surface area (Å²) in [7, 11) is 0. The maximum absolute atomic E-state index is 13.3. The Morgan fingerprint density at radius 1 is 0.938 bits per heavy atom. The van der Waals surface area contributed by atoms with Gasteiger partial charge in [0.05, 0.1) is 28.8 Å². The van der Waals surface area contributed by atoms with E-state index in [0.717, 1.165) is 44.2 Å². The summed E-state index contributed by atoms with van der Waals surface area (Å²) >= 11 is 6.09. The SMILES string of the molecule is O=C1c2cccc(N3CCN(CC=Cc4ccco4)CC3)c2C(=O)N1c1cccc(Cl)c1. The maximum atomic E-state index is 13.3. The second kappa shape index (κ2) is 8.65. The minimum atomic E-state index is -0.309. The molecule has 0 unspecified atom stereocenters. The van der Waals surface area contributed by atoms with Crippen molar-refractivity contribution in [2.24, 2.45) is 0 Å². The smallest absolute Gasteiger partial charge is 0.268 e. The molecule has 1 fully saturated rings. The van der Waals surface area contributed by atoms with Gasteiger partial charge in [-0.05, 0) is 48.5 Å². The highest BCUT2D eigenvalue weighted by Gasteiger charge is 2.39. The first-order valence-corrected chi connectivity index (χ1v) is 10.9. The van der Waals surface area contributed by atoms with Gasteiger partial charge in [0.2, 0.25) is 0 Å². The minimum absolute atomic E-state index is 0.299. The van der Waals surface area contributed by atoms with Gasteiger partial charge >= 0.3 is 0 Å². The van der Waals surface area contributed by atoms with Gasteiger partial charge in [0.1, 0.15) is 5.76 Å². The van der Waals surface area contributed by atoms with Crippen molar-refractivity contribution in [2.45, 2.75) is 0 Å². The van der Waals surface area contributed by atoms with Crippen LogP contribution in [0.5, 0.6) is 0 Å². The predicted octanol–water partition coefficient (Wildman–Crippen LogP) is 4.57. The Balaban J connectivity index is 1.31. The molecular formula is C25H22ClN3O3. The first-order chi connectivity index (χ1) is 15.6. The molecular weight excluding hydrogens is 426 g/mol. The lowest BCUT2D eigenvalue weighted by Gasteiger charge is -2.36. The fourth-order valence-electron chi connectivity index (χ4n) is 4.26. The molecule has 0 aliphatic carbocycles. The zero-order valence-electron chi connectivity index (χ0n) is 17.4. The fourth-order valence-corrected chi connectivity index (χ4v) is 4.44. The third-order valence-electron chi connectivity index (χ3n) is 5.86. The van der Waals surface area contributed by atoms with Crippen LogP contribution in [0, 0.1) is 0 Å². The van der Waals surface area contributed by atoms with E-state index >= 15 is 0 Å². The molecule has 6 nitrogen and oxygen atoms in total. The summed E-state index contributed by atoms with van der Waals surface area (Å²) in [6.45, 7) is 4.13. The van der Waals surface area contributed by atoms with Gasteiger partial charge in [-0.1, -0.05) is 29.8 Å². The molecule has 0 atom stereocenters. The molecule has 3 heterocycles. The summed E-state index contributed by atoms with van der Waals surface area (Å²) in [5.41, 5.74) is 2.22. The minimum Gasteiger partial charge on any atom is -0.465 e. The third-order valence-corrected chi connectivity index (χ3v) is 6.10. The van der Waals surface area contributed by atoms with Crippen LogP contribution < -0.4 is 9.80 Å². The third kappa shape index (κ3) is 3.83. The van der Waals surface area contributed by atoms with Crippen LogP contribution in [0.3, 0.4) is 0 Å². The number of amides is 2. The number of carbonyl (C=O) groups excluding carboxylic acids is 2. The van der Waals surface area contributed by atoms with Crippen LogP contribution in [-0.2, 0) is 0 Å². The van der Waals surface area contributed by atoms with Gasteiger partial charge in [0, 0.05) is 37.7 Å². The quantitative estimate of drug-likeness (QED) is 0.536. The summed E-state index contributed by atoms with van der Waals surface area (Å²) in [5, 5.41) is 0.483. The standard InChI is InChI=1S/C25H22ClN3O3/c26-18-5-1-6-19(17-18)29-24(30)21-9-2-10-22(23(21)25(29)31)28-14-12-27(13-15-28)11-3-7-20-8-4-16-32-20/h1-10,16-17H,11-15H2. The van der Waals surface area contributed by atoms with Gasteiger partial charge in [-0.3, -0.25) is 14.5 Å². The Hall–Kier alpha value is -3.35. The fraction of sp³-hybridized carbons (Fsp3) is 0.200. The van der Waals surface area contributed by atoms with Gasteiger partial charge in [-0.2, -0.15) is 0 Å². The van der Waals surface area contributed by atoms with Crippen molar-refractivity contribution in [1.82, 2.24) is 4.90 Å². The van der Waals surface area contributed by atoms with E-state index in [9.17, 15) is 9.59 Å². The zero-order valence-corrected chi connectivity index (χ0v) is 18.2. The Morgan fingerprint density at radius 3 is 2.50 bits per heavy atom. The summed E-state index contributed by atoms with van der Waals surface area (Å²) in [6, 6.07) is 16.1. The second-order valence-electron chi connectivity index (χ2n) is 7.83. The average molecular weight is 448 g/mol. The molecule has 0 radical (unpaired) electrons. The van der Waals surface area contributed by atoms with Gasteiger partial charge in [-0.15, -0.1) is 0 Å². The number of hydrogen-bond acceptors (Lipinski definition) is 5. The molecule has 5 rings (SSSR count). The van der Waals surface area contributed by atoms with E-state index in [2.05, 4.69) is 15.9 Å². The van der Waals surface area contributed by atoms with Crippen molar-refractivity contribution >= 4 is 40.9 Å². The summed E-state index contributed by atoms with van der Waals surface area (Å²) in [5.74, 6) is 0.235. The van der Waals surface area contributed by atoms with Gasteiger partial charge < -0.3 is 9.32 Å². The summed E-state index contributed by atoms with van der Waals surface area (Å²) in [4.78, 5) is 32.1. The van der Waals surface area contributed by atoms with Crippen molar-refractivity contribution in [2.75, 3.05) is 42.5 Å². The van der Waals surface area contributed by atoms with E-state index in [1.165, 1.54) is 4.90 Å². The van der Waals surface area contributed by atoms with Crippen molar-refractivity contribution in [3.8, 4) is 0 Å². The molecule has 2 aliphatic heterocycles. The Labute approximate surface area is 191 Å². The molecule has 2 aliphatic rings. The van der Waals surface area contributed by atoms with Crippen LogP contribution in [0.4, 0.5) is 11.4 Å². The number of furan rings is 1. The Morgan fingerprint density at radius 2 is 1.75 bits per heavy atom. The van der Waals surface area contributed by atoms with Crippen LogP contribution in [0.1, 0.15) is 26.5 Å². The average Bonchev–Trinajstić information content (AvgIpc) is 3.41. The highest BCUT2D eigenvalue weighted by atomic mass is 35.5. The number of carbonyl (C=O) groups is 2. The predicted molar refractivity (Wildman–Crippen MR) is 125 cm³/mol. The number of fused-ring (bicyclic) bond motifs is 1. The van der Waals surface area contributed by atoms with Crippen molar-refractivity contribution < 1.29 is 14.0 Å². The molecule has 32 heavy (non-hydrogen) atoms. The monoisotopic (exact) mass is 447 g/mol. The lowest BCUT2D eigenvalue weighted by atomic mass is 10.1. The van der Waals surface area contributed by atoms with E-state index in [1.54, 1.807) is 36.6 Å². The lowest BCUT2D eigenvalue weighted by molar-refractivity contribution is 0.0926. The number of benzene rings is 2. The molecule has 1 aromatic heterocycles. The largest absolute Gasteiger partial charge is 0.465 e. The number of anilines is 2. The summed E-state index contributed by atoms with van der Waals surface area (Å²) in [6.07, 6.45) is 5.74. The zero-order chi connectivity index (χ0) is 22.1. The molecule has 7 heteroatoms. The van der Waals surface area contributed by atoms with Crippen LogP contribution >= 0.6 is 11.6 Å². The van der Waals surface area contributed by atoms with E-state index < -0.39 is 0 Å². The first-order valence-electron chi connectivity index (χ1n) is 10.6. The number of piperazine rings is 1. The van der Waals surface area contributed by atoms with Crippen LogP contribution in [-0.4, -0.2) is 49.4 Å². The number of hydrogen-bond donors (Lipinski definition) is 0. The van der Waals surface area contributed by atoms with Gasteiger partial charge in [0.25, 0.3) is 11.8 Å². The van der Waals surface area contributed by atoms with E-state index in [0.29, 0.717) is 21.8 Å².